The molecule has 1 N–H and O–H groups in total. The number of ether oxygens (including phenoxy) is 1. The molecule has 0 radical (unpaired) electrons. The fourth-order valence-electron chi connectivity index (χ4n) is 2.95. The number of benzene rings is 1. The van der Waals surface area contributed by atoms with Gasteiger partial charge in [-0.25, -0.2) is 4.39 Å². The number of fused-ring (bicyclic) bond motifs is 1. The van der Waals surface area contributed by atoms with Crippen molar-refractivity contribution < 1.29 is 13.9 Å². The van der Waals surface area contributed by atoms with Crippen molar-refractivity contribution in [3.8, 4) is 16.9 Å². The van der Waals surface area contributed by atoms with Gasteiger partial charge in [0.05, 0.1) is 11.4 Å². The number of thiophene rings is 1. The summed E-state index contributed by atoms with van der Waals surface area (Å²) in [6.45, 7) is 0.375. The summed E-state index contributed by atoms with van der Waals surface area (Å²) in [5.41, 5.74) is 2.31. The van der Waals surface area contributed by atoms with Gasteiger partial charge in [-0.15, -0.1) is 11.3 Å². The van der Waals surface area contributed by atoms with Crippen molar-refractivity contribution in [2.45, 2.75) is 12.5 Å². The number of aromatic nitrogens is 1. The van der Waals surface area contributed by atoms with Gasteiger partial charge in [0.2, 0.25) is 0 Å². The second-order valence-electron chi connectivity index (χ2n) is 5.81. The number of rotatable bonds is 4. The van der Waals surface area contributed by atoms with Gasteiger partial charge in [-0.05, 0) is 29.6 Å². The van der Waals surface area contributed by atoms with Gasteiger partial charge in [0.25, 0.3) is 5.91 Å². The van der Waals surface area contributed by atoms with E-state index in [0.717, 1.165) is 11.1 Å². The van der Waals surface area contributed by atoms with Gasteiger partial charge in [0.1, 0.15) is 17.7 Å². The Kier molecular flexibility index (Phi) is 4.19. The number of pyridine rings is 1. The van der Waals surface area contributed by atoms with Gasteiger partial charge in [-0.1, -0.05) is 12.1 Å². The minimum atomic E-state index is -0.301. The van der Waals surface area contributed by atoms with Crippen LogP contribution in [-0.2, 0) is 6.42 Å². The van der Waals surface area contributed by atoms with Crippen molar-refractivity contribution in [2.24, 2.45) is 0 Å². The predicted octanol–water partition coefficient (Wildman–Crippen LogP) is 3.68. The van der Waals surface area contributed by atoms with Crippen molar-refractivity contribution >= 4 is 17.2 Å². The number of carbonyl (C=O) groups is 1. The van der Waals surface area contributed by atoms with Gasteiger partial charge in [-0.2, -0.15) is 0 Å². The largest absolute Gasteiger partial charge is 0.487 e. The first-order chi connectivity index (χ1) is 12.2. The van der Waals surface area contributed by atoms with Crippen molar-refractivity contribution in [1.82, 2.24) is 10.3 Å². The van der Waals surface area contributed by atoms with E-state index in [1.54, 1.807) is 24.5 Å². The van der Waals surface area contributed by atoms with Crippen LogP contribution in [0, 0.1) is 5.82 Å². The first-order valence-electron chi connectivity index (χ1n) is 7.92. The third-order valence-electron chi connectivity index (χ3n) is 4.07. The summed E-state index contributed by atoms with van der Waals surface area (Å²) in [6.07, 6.45) is 3.71. The molecule has 4 nitrogen and oxygen atoms in total. The molecule has 1 aromatic carbocycles. The van der Waals surface area contributed by atoms with E-state index in [0.29, 0.717) is 29.2 Å². The second-order valence-corrected chi connectivity index (χ2v) is 6.76. The Labute approximate surface area is 148 Å². The van der Waals surface area contributed by atoms with Crippen LogP contribution in [0.5, 0.6) is 5.75 Å². The lowest BCUT2D eigenvalue weighted by atomic mass is 10.0. The summed E-state index contributed by atoms with van der Waals surface area (Å²) >= 11 is 1.39. The molecule has 2 aromatic heterocycles. The van der Waals surface area contributed by atoms with E-state index < -0.39 is 0 Å². The van der Waals surface area contributed by atoms with Crippen LogP contribution in [0.25, 0.3) is 11.1 Å². The highest BCUT2D eigenvalue weighted by Crippen LogP contribution is 2.39. The molecule has 0 unspecified atom stereocenters. The van der Waals surface area contributed by atoms with Crippen LogP contribution in [0.2, 0.25) is 0 Å². The predicted molar refractivity (Wildman–Crippen MR) is 94.4 cm³/mol. The van der Waals surface area contributed by atoms with E-state index in [-0.39, 0.29) is 17.8 Å². The molecular formula is C19H15FN2O2S. The van der Waals surface area contributed by atoms with E-state index in [9.17, 15) is 9.18 Å². The van der Waals surface area contributed by atoms with Crippen molar-refractivity contribution in [1.29, 1.82) is 0 Å². The molecule has 0 fully saturated rings. The molecule has 126 valence electrons. The summed E-state index contributed by atoms with van der Waals surface area (Å²) < 4.78 is 20.0. The van der Waals surface area contributed by atoms with Gasteiger partial charge < -0.3 is 10.1 Å². The highest BCUT2D eigenvalue weighted by Gasteiger charge is 2.27. The van der Waals surface area contributed by atoms with Crippen LogP contribution in [0.3, 0.4) is 0 Å². The molecule has 3 aromatic rings. The summed E-state index contributed by atoms with van der Waals surface area (Å²) in [6, 6.07) is 10.3. The maximum absolute atomic E-state index is 14.0. The number of carbonyl (C=O) groups excluding carboxylic acids is 1. The van der Waals surface area contributed by atoms with E-state index in [1.165, 1.54) is 23.5 Å². The molecule has 1 aliphatic heterocycles. The Morgan fingerprint density at radius 3 is 3.04 bits per heavy atom. The summed E-state index contributed by atoms with van der Waals surface area (Å²) in [5.74, 6) is 0.252. The standard InChI is InChI=1S/C19H15FN2O2S/c20-14-7-13-8-15(11-22-19(23)17-4-2-6-25-17)24-18(13)16(9-14)12-3-1-5-21-10-12/h1-7,9-10,15H,8,11H2,(H,22,23)/t15-/m1/s1. The summed E-state index contributed by atoms with van der Waals surface area (Å²) in [5, 5.41) is 4.74. The van der Waals surface area contributed by atoms with E-state index >= 15 is 0 Å². The minimum absolute atomic E-state index is 0.117. The Hall–Kier alpha value is -2.73. The minimum Gasteiger partial charge on any atom is -0.487 e. The SMILES string of the molecule is O=C(NC[C@H]1Cc2cc(F)cc(-c3cccnc3)c2O1)c1cccs1. The van der Waals surface area contributed by atoms with Crippen LogP contribution >= 0.6 is 11.3 Å². The molecule has 1 atom stereocenters. The zero-order valence-electron chi connectivity index (χ0n) is 13.2. The normalized spacial score (nSPS) is 15.5. The van der Waals surface area contributed by atoms with Crippen molar-refractivity contribution in [3.05, 3.63) is 70.4 Å². The Bertz CT molecular complexity index is 897. The monoisotopic (exact) mass is 354 g/mol. The van der Waals surface area contributed by atoms with E-state index in [4.69, 9.17) is 4.74 Å². The molecular weight excluding hydrogens is 339 g/mol. The molecule has 0 saturated carbocycles. The third-order valence-corrected chi connectivity index (χ3v) is 4.94. The van der Waals surface area contributed by atoms with Crippen molar-refractivity contribution in [2.75, 3.05) is 6.54 Å². The van der Waals surface area contributed by atoms with Crippen LogP contribution in [0.4, 0.5) is 4.39 Å². The smallest absolute Gasteiger partial charge is 0.261 e. The Morgan fingerprint density at radius 2 is 2.28 bits per heavy atom. The van der Waals surface area contributed by atoms with Crippen LogP contribution in [0.15, 0.2) is 54.2 Å². The van der Waals surface area contributed by atoms with Gasteiger partial charge in [0.15, 0.2) is 0 Å². The van der Waals surface area contributed by atoms with Gasteiger partial charge in [0, 0.05) is 35.5 Å². The zero-order valence-corrected chi connectivity index (χ0v) is 14.1. The lowest BCUT2D eigenvalue weighted by molar-refractivity contribution is 0.0937. The average Bonchev–Trinajstić information content (AvgIpc) is 3.29. The number of hydrogen-bond acceptors (Lipinski definition) is 4. The number of nitrogens with zero attached hydrogens (tertiary/aromatic N) is 1. The van der Waals surface area contributed by atoms with Crippen LogP contribution in [0.1, 0.15) is 15.2 Å². The molecule has 0 spiro atoms. The molecule has 1 aliphatic rings. The number of halogens is 1. The number of nitrogens with one attached hydrogen (secondary N) is 1. The maximum Gasteiger partial charge on any atom is 0.261 e. The van der Waals surface area contributed by atoms with Crippen LogP contribution in [-0.4, -0.2) is 23.5 Å². The number of amides is 1. The third kappa shape index (κ3) is 3.25. The highest BCUT2D eigenvalue weighted by atomic mass is 32.1. The maximum atomic E-state index is 14.0. The first kappa shape index (κ1) is 15.8. The second kappa shape index (κ2) is 6.64. The molecule has 6 heteroatoms. The zero-order chi connectivity index (χ0) is 17.2. The topological polar surface area (TPSA) is 51.2 Å². The molecule has 3 heterocycles. The summed E-state index contributed by atoms with van der Waals surface area (Å²) in [7, 11) is 0. The number of hydrogen-bond donors (Lipinski definition) is 1. The molecule has 4 rings (SSSR count). The van der Waals surface area contributed by atoms with Gasteiger partial charge in [-0.3, -0.25) is 9.78 Å². The quantitative estimate of drug-likeness (QED) is 0.778. The first-order valence-corrected chi connectivity index (χ1v) is 8.80. The van der Waals surface area contributed by atoms with Crippen LogP contribution < -0.4 is 10.1 Å². The fraction of sp³-hybridized carbons (Fsp3) is 0.158. The lowest BCUT2D eigenvalue weighted by Crippen LogP contribution is -2.34. The Balaban J connectivity index is 1.51. The van der Waals surface area contributed by atoms with Gasteiger partial charge >= 0.3 is 0 Å². The lowest BCUT2D eigenvalue weighted by Gasteiger charge is -2.13. The molecule has 0 saturated heterocycles. The Morgan fingerprint density at radius 1 is 1.36 bits per heavy atom. The fourth-order valence-corrected chi connectivity index (χ4v) is 3.59. The highest BCUT2D eigenvalue weighted by molar-refractivity contribution is 7.12. The van der Waals surface area contributed by atoms with E-state index in [2.05, 4.69) is 10.3 Å². The van der Waals surface area contributed by atoms with Crippen molar-refractivity contribution in [3.63, 3.8) is 0 Å². The molecule has 25 heavy (non-hydrogen) atoms. The van der Waals surface area contributed by atoms with E-state index in [1.807, 2.05) is 17.5 Å². The average molecular weight is 354 g/mol. The molecule has 0 aliphatic carbocycles. The molecule has 1 amide bonds. The summed E-state index contributed by atoms with van der Waals surface area (Å²) in [4.78, 5) is 16.8. The molecule has 0 bridgehead atoms.